The number of anilines is 1. The second-order valence-electron chi connectivity index (χ2n) is 3.40. The number of carbonyl (C=O) groups is 1. The summed E-state index contributed by atoms with van der Waals surface area (Å²) in [4.78, 5) is 10.6. The van der Waals surface area contributed by atoms with E-state index in [1.807, 2.05) is 13.0 Å². The lowest BCUT2D eigenvalue weighted by Crippen LogP contribution is -2.23. The fourth-order valence-corrected chi connectivity index (χ4v) is 1.28. The van der Waals surface area contributed by atoms with E-state index in [1.54, 1.807) is 24.3 Å². The summed E-state index contributed by atoms with van der Waals surface area (Å²) in [6.07, 6.45) is 0.292. The van der Waals surface area contributed by atoms with Gasteiger partial charge in [-0.2, -0.15) is 5.26 Å². The molecule has 0 fully saturated rings. The Bertz CT molecular complexity index is 378. The molecule has 78 valence electrons. The predicted octanol–water partition coefficient (Wildman–Crippen LogP) is 1.23. The van der Waals surface area contributed by atoms with Gasteiger partial charge in [0.15, 0.2) is 0 Å². The number of hydrogen-bond acceptors (Lipinski definition) is 3. The Morgan fingerprint density at radius 3 is 2.60 bits per heavy atom. The molecule has 1 rings (SSSR count). The van der Waals surface area contributed by atoms with Crippen molar-refractivity contribution < 1.29 is 4.79 Å². The normalized spacial score (nSPS) is 11.5. The molecule has 4 nitrogen and oxygen atoms in total. The monoisotopic (exact) mass is 203 g/mol. The number of hydrogen-bond donors (Lipinski definition) is 2. The van der Waals surface area contributed by atoms with Crippen LogP contribution in [-0.4, -0.2) is 11.9 Å². The zero-order valence-corrected chi connectivity index (χ0v) is 8.53. The standard InChI is InChI=1S/C11H13N3O/c1-8(6-11(13)15)14-10-4-2-9(7-12)3-5-10/h2-5,8,14H,6H2,1H3,(H2,13,15). The molecule has 0 aromatic heterocycles. The van der Waals surface area contributed by atoms with Crippen molar-refractivity contribution in [2.75, 3.05) is 5.32 Å². The highest BCUT2D eigenvalue weighted by Crippen LogP contribution is 2.10. The largest absolute Gasteiger partial charge is 0.382 e. The van der Waals surface area contributed by atoms with Crippen LogP contribution in [0.25, 0.3) is 0 Å². The number of nitrogens with one attached hydrogen (secondary N) is 1. The molecule has 4 heteroatoms. The molecule has 0 saturated heterocycles. The van der Waals surface area contributed by atoms with Crippen LogP contribution in [0.2, 0.25) is 0 Å². The van der Waals surface area contributed by atoms with Gasteiger partial charge in [0.1, 0.15) is 0 Å². The van der Waals surface area contributed by atoms with E-state index >= 15 is 0 Å². The van der Waals surface area contributed by atoms with E-state index in [0.29, 0.717) is 12.0 Å². The summed E-state index contributed by atoms with van der Waals surface area (Å²) in [6, 6.07) is 9.08. The Morgan fingerprint density at radius 1 is 1.53 bits per heavy atom. The van der Waals surface area contributed by atoms with E-state index in [-0.39, 0.29) is 11.9 Å². The van der Waals surface area contributed by atoms with E-state index in [4.69, 9.17) is 11.0 Å². The van der Waals surface area contributed by atoms with Gasteiger partial charge < -0.3 is 11.1 Å². The van der Waals surface area contributed by atoms with Gasteiger partial charge in [-0.1, -0.05) is 0 Å². The zero-order chi connectivity index (χ0) is 11.3. The lowest BCUT2D eigenvalue weighted by molar-refractivity contribution is -0.118. The van der Waals surface area contributed by atoms with Gasteiger partial charge in [0, 0.05) is 18.2 Å². The average molecular weight is 203 g/mol. The van der Waals surface area contributed by atoms with Crippen LogP contribution in [0.4, 0.5) is 5.69 Å². The molecule has 1 aromatic rings. The summed E-state index contributed by atoms with van der Waals surface area (Å²) >= 11 is 0. The third kappa shape index (κ3) is 3.69. The van der Waals surface area contributed by atoms with Gasteiger partial charge in [0.2, 0.25) is 5.91 Å². The van der Waals surface area contributed by atoms with E-state index in [0.717, 1.165) is 5.69 Å². The first kappa shape index (κ1) is 11.1. The molecule has 0 spiro atoms. The lowest BCUT2D eigenvalue weighted by atomic mass is 10.2. The third-order valence-corrected chi connectivity index (χ3v) is 1.93. The third-order valence-electron chi connectivity index (χ3n) is 1.93. The first-order valence-electron chi connectivity index (χ1n) is 4.67. The van der Waals surface area contributed by atoms with Gasteiger partial charge in [-0.25, -0.2) is 0 Å². The summed E-state index contributed by atoms with van der Waals surface area (Å²) in [5, 5.41) is 11.7. The summed E-state index contributed by atoms with van der Waals surface area (Å²) in [5.41, 5.74) is 6.56. The molecule has 1 amide bonds. The first-order chi connectivity index (χ1) is 7.11. The van der Waals surface area contributed by atoms with Gasteiger partial charge in [0.05, 0.1) is 11.6 Å². The molecule has 0 aliphatic carbocycles. The summed E-state index contributed by atoms with van der Waals surface area (Å²) in [6.45, 7) is 1.88. The molecule has 0 aliphatic rings. The zero-order valence-electron chi connectivity index (χ0n) is 8.53. The molecule has 0 bridgehead atoms. The van der Waals surface area contributed by atoms with Crippen LogP contribution in [0.3, 0.4) is 0 Å². The second-order valence-corrected chi connectivity index (χ2v) is 3.40. The van der Waals surface area contributed by atoms with Crippen molar-refractivity contribution in [1.82, 2.24) is 0 Å². The number of carbonyl (C=O) groups excluding carboxylic acids is 1. The van der Waals surface area contributed by atoms with Crippen LogP contribution in [0, 0.1) is 11.3 Å². The highest BCUT2D eigenvalue weighted by molar-refractivity contribution is 5.74. The summed E-state index contributed by atoms with van der Waals surface area (Å²) < 4.78 is 0. The minimum absolute atomic E-state index is 0.00423. The van der Waals surface area contributed by atoms with Crippen molar-refractivity contribution >= 4 is 11.6 Å². The molecule has 15 heavy (non-hydrogen) atoms. The molecule has 0 radical (unpaired) electrons. The maximum atomic E-state index is 10.6. The van der Waals surface area contributed by atoms with Crippen LogP contribution in [0.15, 0.2) is 24.3 Å². The number of benzene rings is 1. The number of nitriles is 1. The minimum atomic E-state index is -0.330. The predicted molar refractivity (Wildman–Crippen MR) is 58.1 cm³/mol. The van der Waals surface area contributed by atoms with Crippen molar-refractivity contribution in [3.63, 3.8) is 0 Å². The van der Waals surface area contributed by atoms with Crippen molar-refractivity contribution in [3.8, 4) is 6.07 Å². The van der Waals surface area contributed by atoms with Crippen LogP contribution in [0.1, 0.15) is 18.9 Å². The number of amides is 1. The van der Waals surface area contributed by atoms with Gasteiger partial charge >= 0.3 is 0 Å². The van der Waals surface area contributed by atoms with Crippen molar-refractivity contribution in [2.45, 2.75) is 19.4 Å². The molecule has 0 saturated carbocycles. The minimum Gasteiger partial charge on any atom is -0.382 e. The molecule has 0 aliphatic heterocycles. The van der Waals surface area contributed by atoms with Gasteiger partial charge in [-0.3, -0.25) is 4.79 Å². The first-order valence-corrected chi connectivity index (χ1v) is 4.67. The summed E-state index contributed by atoms with van der Waals surface area (Å²) in [7, 11) is 0. The molecule has 1 aromatic carbocycles. The highest BCUT2D eigenvalue weighted by atomic mass is 16.1. The topological polar surface area (TPSA) is 78.9 Å². The number of nitrogens with two attached hydrogens (primary N) is 1. The van der Waals surface area contributed by atoms with E-state index in [2.05, 4.69) is 5.32 Å². The van der Waals surface area contributed by atoms with Crippen LogP contribution in [-0.2, 0) is 4.79 Å². The Hall–Kier alpha value is -2.02. The number of primary amides is 1. The van der Waals surface area contributed by atoms with Crippen LogP contribution in [0.5, 0.6) is 0 Å². The van der Waals surface area contributed by atoms with E-state index in [9.17, 15) is 4.79 Å². The van der Waals surface area contributed by atoms with Gasteiger partial charge in [0.25, 0.3) is 0 Å². The van der Waals surface area contributed by atoms with Crippen molar-refractivity contribution in [2.24, 2.45) is 5.73 Å². The number of nitrogens with zero attached hydrogens (tertiary/aromatic N) is 1. The maximum Gasteiger partial charge on any atom is 0.219 e. The summed E-state index contributed by atoms with van der Waals surface area (Å²) in [5.74, 6) is -0.330. The Kier molecular flexibility index (Phi) is 3.69. The van der Waals surface area contributed by atoms with Crippen molar-refractivity contribution in [3.05, 3.63) is 29.8 Å². The van der Waals surface area contributed by atoms with Gasteiger partial charge in [-0.15, -0.1) is 0 Å². The van der Waals surface area contributed by atoms with Crippen molar-refractivity contribution in [1.29, 1.82) is 5.26 Å². The smallest absolute Gasteiger partial charge is 0.219 e. The quantitative estimate of drug-likeness (QED) is 0.772. The number of rotatable bonds is 4. The Labute approximate surface area is 88.7 Å². The highest BCUT2D eigenvalue weighted by Gasteiger charge is 2.05. The lowest BCUT2D eigenvalue weighted by Gasteiger charge is -2.13. The molecule has 0 heterocycles. The molecule has 1 unspecified atom stereocenters. The second kappa shape index (κ2) is 5.01. The van der Waals surface area contributed by atoms with Crippen LogP contribution >= 0.6 is 0 Å². The van der Waals surface area contributed by atoms with E-state index in [1.165, 1.54) is 0 Å². The van der Waals surface area contributed by atoms with E-state index < -0.39 is 0 Å². The maximum absolute atomic E-state index is 10.6. The fraction of sp³-hybridized carbons (Fsp3) is 0.273. The fourth-order valence-electron chi connectivity index (χ4n) is 1.28. The van der Waals surface area contributed by atoms with Crippen LogP contribution < -0.4 is 11.1 Å². The SMILES string of the molecule is CC(CC(N)=O)Nc1ccc(C#N)cc1. The van der Waals surface area contributed by atoms with Gasteiger partial charge in [-0.05, 0) is 31.2 Å². The Morgan fingerprint density at radius 2 is 2.13 bits per heavy atom. The molecular formula is C11H13N3O. The molecular weight excluding hydrogens is 190 g/mol. The average Bonchev–Trinajstić information content (AvgIpc) is 2.17. The Balaban J connectivity index is 2.58. The molecule has 3 N–H and O–H groups in total. The molecule has 1 atom stereocenters.